The summed E-state index contributed by atoms with van der Waals surface area (Å²) in [6, 6.07) is 17.9. The second-order valence-corrected chi connectivity index (χ2v) is 8.18. The molecular formula is C25H24ClN3O2. The molecule has 0 radical (unpaired) electrons. The van der Waals surface area contributed by atoms with Gasteiger partial charge in [0.25, 0.3) is 5.91 Å². The van der Waals surface area contributed by atoms with Gasteiger partial charge in [-0.2, -0.15) is 5.26 Å². The summed E-state index contributed by atoms with van der Waals surface area (Å²) in [7, 11) is 0. The van der Waals surface area contributed by atoms with E-state index in [-0.39, 0.29) is 17.6 Å². The highest BCUT2D eigenvalue weighted by atomic mass is 35.5. The molecule has 0 spiro atoms. The van der Waals surface area contributed by atoms with Crippen molar-refractivity contribution < 1.29 is 9.53 Å². The Bertz CT molecular complexity index is 1170. The molecule has 158 valence electrons. The smallest absolute Gasteiger partial charge is 0.262 e. The number of nitrogens with zero attached hydrogens (tertiary/aromatic N) is 2. The van der Waals surface area contributed by atoms with Crippen molar-refractivity contribution in [2.24, 2.45) is 0 Å². The van der Waals surface area contributed by atoms with Gasteiger partial charge in [-0.25, -0.2) is 0 Å². The predicted molar refractivity (Wildman–Crippen MR) is 123 cm³/mol. The van der Waals surface area contributed by atoms with Crippen LogP contribution in [0.3, 0.4) is 0 Å². The van der Waals surface area contributed by atoms with Crippen LogP contribution >= 0.6 is 11.6 Å². The predicted octanol–water partition coefficient (Wildman–Crippen LogP) is 4.85. The summed E-state index contributed by atoms with van der Waals surface area (Å²) in [5.41, 5.74) is 4.15. The molecule has 0 bridgehead atoms. The molecule has 1 aliphatic heterocycles. The number of carbonyl (C=O) groups excluding carboxylic acids is 1. The fourth-order valence-corrected chi connectivity index (χ4v) is 4.14. The van der Waals surface area contributed by atoms with Crippen LogP contribution in [0.25, 0.3) is 17.0 Å². The molecule has 1 fully saturated rings. The molecule has 0 unspecified atom stereocenters. The molecule has 1 saturated heterocycles. The van der Waals surface area contributed by atoms with Crippen molar-refractivity contribution >= 4 is 34.5 Å². The van der Waals surface area contributed by atoms with Gasteiger partial charge in [-0.05, 0) is 49.6 Å². The Morgan fingerprint density at radius 2 is 2.06 bits per heavy atom. The maximum Gasteiger partial charge on any atom is 0.262 e. The molecule has 1 atom stereocenters. The number of amides is 1. The zero-order valence-corrected chi connectivity index (χ0v) is 18.2. The SMILES string of the molecule is Cc1c(/C=C(/C#N)C(=O)NC[C@@H]2CCCO2)c2ccccc2n1Cc1ccc(Cl)cc1. The molecule has 2 aromatic carbocycles. The highest BCUT2D eigenvalue weighted by Gasteiger charge is 2.19. The standard InChI is InChI=1S/C25H24ClN3O2/c1-17-23(13-19(14-27)25(30)28-15-21-5-4-12-31-21)22-6-2-3-7-24(22)29(17)16-18-8-10-20(26)11-9-18/h2-3,6-11,13,21H,4-5,12,15-16H2,1H3,(H,28,30)/b19-13-/t21-/m0/s1. The lowest BCUT2D eigenvalue weighted by Gasteiger charge is -2.10. The Morgan fingerprint density at radius 1 is 1.29 bits per heavy atom. The van der Waals surface area contributed by atoms with Gasteiger partial charge in [0, 0.05) is 46.9 Å². The van der Waals surface area contributed by atoms with E-state index in [9.17, 15) is 10.1 Å². The van der Waals surface area contributed by atoms with Gasteiger partial charge in [0.15, 0.2) is 0 Å². The van der Waals surface area contributed by atoms with Crippen molar-refractivity contribution in [3.8, 4) is 6.07 Å². The molecule has 31 heavy (non-hydrogen) atoms. The number of carbonyl (C=O) groups is 1. The third-order valence-electron chi connectivity index (χ3n) is 5.70. The quantitative estimate of drug-likeness (QED) is 0.446. The number of nitrogens with one attached hydrogen (secondary N) is 1. The lowest BCUT2D eigenvalue weighted by atomic mass is 10.1. The van der Waals surface area contributed by atoms with Crippen molar-refractivity contribution in [3.05, 3.63) is 75.9 Å². The minimum absolute atomic E-state index is 0.0342. The number of hydrogen-bond donors (Lipinski definition) is 1. The lowest BCUT2D eigenvalue weighted by molar-refractivity contribution is -0.117. The zero-order valence-electron chi connectivity index (χ0n) is 17.4. The van der Waals surface area contributed by atoms with E-state index in [1.54, 1.807) is 6.08 Å². The third kappa shape index (κ3) is 4.66. The zero-order chi connectivity index (χ0) is 21.8. The number of rotatable bonds is 6. The Labute approximate surface area is 186 Å². The number of nitriles is 1. The molecule has 2 heterocycles. The fourth-order valence-electron chi connectivity index (χ4n) is 4.02. The van der Waals surface area contributed by atoms with Gasteiger partial charge in [-0.15, -0.1) is 0 Å². The van der Waals surface area contributed by atoms with Gasteiger partial charge >= 0.3 is 0 Å². The van der Waals surface area contributed by atoms with Crippen LogP contribution in [0.4, 0.5) is 0 Å². The number of fused-ring (bicyclic) bond motifs is 1. The minimum atomic E-state index is -0.369. The second-order valence-electron chi connectivity index (χ2n) is 7.74. The number of para-hydroxylation sites is 1. The summed E-state index contributed by atoms with van der Waals surface area (Å²) >= 11 is 6.02. The van der Waals surface area contributed by atoms with Crippen molar-refractivity contribution in [3.63, 3.8) is 0 Å². The Hall–Kier alpha value is -3.07. The normalized spacial score (nSPS) is 16.4. The first kappa shape index (κ1) is 21.2. The molecule has 1 amide bonds. The number of halogens is 1. The van der Waals surface area contributed by atoms with Crippen molar-refractivity contribution in [1.82, 2.24) is 9.88 Å². The van der Waals surface area contributed by atoms with E-state index in [0.717, 1.165) is 47.2 Å². The molecule has 5 nitrogen and oxygen atoms in total. The van der Waals surface area contributed by atoms with Gasteiger partial charge in [0.1, 0.15) is 11.6 Å². The first-order chi connectivity index (χ1) is 15.1. The fraction of sp³-hybridized carbons (Fsp3) is 0.280. The van der Waals surface area contributed by atoms with Crippen molar-refractivity contribution in [2.45, 2.75) is 32.4 Å². The first-order valence-corrected chi connectivity index (χ1v) is 10.8. The van der Waals surface area contributed by atoms with Crippen LogP contribution in [-0.4, -0.2) is 29.7 Å². The highest BCUT2D eigenvalue weighted by Crippen LogP contribution is 2.29. The van der Waals surface area contributed by atoms with E-state index in [1.807, 2.05) is 49.4 Å². The van der Waals surface area contributed by atoms with Crippen LogP contribution in [0, 0.1) is 18.3 Å². The van der Waals surface area contributed by atoms with Crippen LogP contribution in [0.1, 0.15) is 29.7 Å². The first-order valence-electron chi connectivity index (χ1n) is 10.4. The van der Waals surface area contributed by atoms with Gasteiger partial charge in [0.2, 0.25) is 0 Å². The van der Waals surface area contributed by atoms with Gasteiger partial charge in [-0.1, -0.05) is 41.9 Å². The van der Waals surface area contributed by atoms with Crippen LogP contribution < -0.4 is 5.32 Å². The van der Waals surface area contributed by atoms with Crippen molar-refractivity contribution in [1.29, 1.82) is 5.26 Å². The maximum absolute atomic E-state index is 12.6. The third-order valence-corrected chi connectivity index (χ3v) is 5.95. The Kier molecular flexibility index (Phi) is 6.41. The summed E-state index contributed by atoms with van der Waals surface area (Å²) in [4.78, 5) is 12.6. The molecule has 0 aliphatic carbocycles. The second kappa shape index (κ2) is 9.38. The molecule has 6 heteroatoms. The van der Waals surface area contributed by atoms with E-state index >= 15 is 0 Å². The van der Waals surface area contributed by atoms with Crippen LogP contribution in [0.15, 0.2) is 54.1 Å². The lowest BCUT2D eigenvalue weighted by Crippen LogP contribution is -2.32. The average Bonchev–Trinajstić information content (AvgIpc) is 3.39. The highest BCUT2D eigenvalue weighted by molar-refractivity contribution is 6.30. The molecular weight excluding hydrogens is 410 g/mol. The molecule has 0 saturated carbocycles. The van der Waals surface area contributed by atoms with E-state index in [4.69, 9.17) is 16.3 Å². The van der Waals surface area contributed by atoms with Gasteiger partial charge in [-0.3, -0.25) is 4.79 Å². The molecule has 3 aromatic rings. The van der Waals surface area contributed by atoms with E-state index in [1.165, 1.54) is 0 Å². The minimum Gasteiger partial charge on any atom is -0.376 e. The largest absolute Gasteiger partial charge is 0.376 e. The van der Waals surface area contributed by atoms with Crippen LogP contribution in [0.2, 0.25) is 5.02 Å². The summed E-state index contributed by atoms with van der Waals surface area (Å²) in [5.74, 6) is -0.369. The topological polar surface area (TPSA) is 67.1 Å². The van der Waals surface area contributed by atoms with Gasteiger partial charge < -0.3 is 14.6 Å². The van der Waals surface area contributed by atoms with E-state index < -0.39 is 0 Å². The summed E-state index contributed by atoms with van der Waals surface area (Å²) in [6.07, 6.45) is 3.67. The average molecular weight is 434 g/mol. The number of ether oxygens (including phenoxy) is 1. The van der Waals surface area contributed by atoms with Crippen molar-refractivity contribution in [2.75, 3.05) is 13.2 Å². The van der Waals surface area contributed by atoms with E-state index in [0.29, 0.717) is 18.1 Å². The maximum atomic E-state index is 12.6. The number of aromatic nitrogens is 1. The number of benzene rings is 2. The number of hydrogen-bond acceptors (Lipinski definition) is 3. The van der Waals surface area contributed by atoms with Gasteiger partial charge in [0.05, 0.1) is 6.10 Å². The molecule has 1 aliphatic rings. The summed E-state index contributed by atoms with van der Waals surface area (Å²) < 4.78 is 7.75. The molecule has 1 N–H and O–H groups in total. The van der Waals surface area contributed by atoms with Crippen LogP contribution in [0.5, 0.6) is 0 Å². The summed E-state index contributed by atoms with van der Waals surface area (Å²) in [5, 5.41) is 14.2. The van der Waals surface area contributed by atoms with E-state index in [2.05, 4.69) is 22.0 Å². The van der Waals surface area contributed by atoms with Crippen LogP contribution in [-0.2, 0) is 16.1 Å². The monoisotopic (exact) mass is 433 g/mol. The molecule has 1 aromatic heterocycles. The Morgan fingerprint density at radius 3 is 2.77 bits per heavy atom. The summed E-state index contributed by atoms with van der Waals surface area (Å²) in [6.45, 7) is 3.84. The molecule has 4 rings (SSSR count). The Balaban J connectivity index is 1.66.